The molecular weight excluding hydrogens is 268 g/mol. The third kappa shape index (κ3) is 2.91. The maximum absolute atomic E-state index is 12.7. The Hall–Kier alpha value is -2.30. The van der Waals surface area contributed by atoms with Gasteiger partial charge in [-0.1, -0.05) is 30.4 Å². The molecule has 2 rings (SSSR count). The Morgan fingerprint density at radius 3 is 2.67 bits per heavy atom. The molecule has 5 nitrogen and oxygen atoms in total. The molecule has 0 saturated carbocycles. The Labute approximate surface area is 124 Å². The minimum absolute atomic E-state index is 0.280. The van der Waals surface area contributed by atoms with Gasteiger partial charge in [-0.15, -0.1) is 0 Å². The van der Waals surface area contributed by atoms with Crippen molar-refractivity contribution in [3.05, 3.63) is 42.0 Å². The Kier molecular flexibility index (Phi) is 4.31. The predicted molar refractivity (Wildman–Crippen MR) is 81.5 cm³/mol. The maximum atomic E-state index is 12.7. The van der Waals surface area contributed by atoms with Crippen molar-refractivity contribution in [2.75, 3.05) is 18.0 Å². The van der Waals surface area contributed by atoms with E-state index in [2.05, 4.69) is 6.58 Å². The van der Waals surface area contributed by atoms with Crippen LogP contribution in [-0.4, -0.2) is 41.1 Å². The number of nitrogens with zero attached hydrogens (tertiary/aromatic N) is 2. The third-order valence-corrected chi connectivity index (χ3v) is 3.58. The van der Waals surface area contributed by atoms with Crippen LogP contribution >= 0.6 is 0 Å². The van der Waals surface area contributed by atoms with Gasteiger partial charge in [0.25, 0.3) is 0 Å². The first-order valence-electron chi connectivity index (χ1n) is 6.99. The number of benzene rings is 1. The van der Waals surface area contributed by atoms with Crippen LogP contribution in [0.25, 0.3) is 0 Å². The average Bonchev–Trinajstić information content (AvgIpc) is 2.83. The smallest absolute Gasteiger partial charge is 0.327 e. The summed E-state index contributed by atoms with van der Waals surface area (Å²) >= 11 is 0. The fourth-order valence-corrected chi connectivity index (χ4v) is 2.61. The summed E-state index contributed by atoms with van der Waals surface area (Å²) in [6.07, 6.45) is 0.349. The molecule has 0 aliphatic carbocycles. The van der Waals surface area contributed by atoms with Crippen LogP contribution in [0.3, 0.4) is 0 Å². The fraction of sp³-hybridized carbons (Fsp3) is 0.375. The topological polar surface area (TPSA) is 60.9 Å². The summed E-state index contributed by atoms with van der Waals surface area (Å²) in [4.78, 5) is 27.2. The van der Waals surface area contributed by atoms with Crippen LogP contribution in [0.15, 0.2) is 36.4 Å². The Balaban J connectivity index is 2.35. The molecular formula is C16H20N2O3. The van der Waals surface area contributed by atoms with Crippen LogP contribution in [0.4, 0.5) is 10.5 Å². The van der Waals surface area contributed by atoms with Crippen LogP contribution in [0.1, 0.15) is 19.4 Å². The number of aliphatic carboxylic acids is 1. The molecule has 1 atom stereocenters. The number of hydrogen-bond acceptors (Lipinski definition) is 2. The van der Waals surface area contributed by atoms with Crippen LogP contribution in [-0.2, 0) is 11.2 Å². The first kappa shape index (κ1) is 15.1. The molecule has 2 amide bonds. The second-order valence-electron chi connectivity index (χ2n) is 5.31. The van der Waals surface area contributed by atoms with Crippen molar-refractivity contribution in [3.8, 4) is 0 Å². The first-order chi connectivity index (χ1) is 9.95. The van der Waals surface area contributed by atoms with Crippen LogP contribution in [0.2, 0.25) is 0 Å². The van der Waals surface area contributed by atoms with Gasteiger partial charge in [0, 0.05) is 25.2 Å². The van der Waals surface area contributed by atoms with Crippen LogP contribution < -0.4 is 4.90 Å². The van der Waals surface area contributed by atoms with Gasteiger partial charge in [-0.3, -0.25) is 4.90 Å². The highest BCUT2D eigenvalue weighted by molar-refractivity contribution is 6.01. The van der Waals surface area contributed by atoms with Crippen molar-refractivity contribution in [2.24, 2.45) is 0 Å². The summed E-state index contributed by atoms with van der Waals surface area (Å²) in [6.45, 7) is 8.49. The van der Waals surface area contributed by atoms with Gasteiger partial charge in [0.1, 0.15) is 6.04 Å². The molecule has 1 aromatic carbocycles. The van der Waals surface area contributed by atoms with Gasteiger partial charge in [0.15, 0.2) is 0 Å². The number of urea groups is 1. The molecule has 0 saturated heterocycles. The number of anilines is 1. The lowest BCUT2D eigenvalue weighted by Crippen LogP contribution is -2.50. The zero-order valence-electron chi connectivity index (χ0n) is 12.4. The SMILES string of the molecule is C=C(C)CN(CC)C(=O)N1c2ccccc2C[C@H]1C(=O)O. The highest BCUT2D eigenvalue weighted by Crippen LogP contribution is 2.33. The molecule has 0 spiro atoms. The molecule has 5 heteroatoms. The number of carbonyl (C=O) groups excluding carboxylic acids is 1. The van der Waals surface area contributed by atoms with Crippen LogP contribution in [0.5, 0.6) is 0 Å². The molecule has 1 aromatic rings. The van der Waals surface area contributed by atoms with E-state index in [0.29, 0.717) is 25.2 Å². The minimum Gasteiger partial charge on any atom is -0.480 e. The highest BCUT2D eigenvalue weighted by atomic mass is 16.4. The number of likely N-dealkylation sites (N-methyl/N-ethyl adjacent to an activating group) is 1. The highest BCUT2D eigenvalue weighted by Gasteiger charge is 2.39. The van der Waals surface area contributed by atoms with Crippen molar-refractivity contribution in [2.45, 2.75) is 26.3 Å². The number of amides is 2. The number of para-hydroxylation sites is 1. The molecule has 112 valence electrons. The molecule has 1 N–H and O–H groups in total. The maximum Gasteiger partial charge on any atom is 0.327 e. The normalized spacial score (nSPS) is 16.5. The van der Waals surface area contributed by atoms with Crippen molar-refractivity contribution < 1.29 is 14.7 Å². The molecule has 0 fully saturated rings. The van der Waals surface area contributed by atoms with Gasteiger partial charge >= 0.3 is 12.0 Å². The van der Waals surface area contributed by atoms with Gasteiger partial charge in [-0.05, 0) is 25.5 Å². The summed E-state index contributed by atoms with van der Waals surface area (Å²) in [5.41, 5.74) is 2.45. The van der Waals surface area contributed by atoms with Crippen molar-refractivity contribution in [1.29, 1.82) is 0 Å². The van der Waals surface area contributed by atoms with Crippen molar-refractivity contribution in [1.82, 2.24) is 4.90 Å². The van der Waals surface area contributed by atoms with Gasteiger partial charge in [0.05, 0.1) is 0 Å². The number of carbonyl (C=O) groups is 2. The predicted octanol–water partition coefficient (Wildman–Crippen LogP) is 2.52. The largest absolute Gasteiger partial charge is 0.480 e. The van der Waals surface area contributed by atoms with E-state index in [1.165, 1.54) is 4.90 Å². The van der Waals surface area contributed by atoms with E-state index in [-0.39, 0.29) is 6.03 Å². The van der Waals surface area contributed by atoms with E-state index >= 15 is 0 Å². The molecule has 0 unspecified atom stereocenters. The molecule has 0 radical (unpaired) electrons. The Morgan fingerprint density at radius 2 is 2.10 bits per heavy atom. The number of fused-ring (bicyclic) bond motifs is 1. The van der Waals surface area contributed by atoms with Gasteiger partial charge in [-0.2, -0.15) is 0 Å². The second kappa shape index (κ2) is 5.99. The number of hydrogen-bond donors (Lipinski definition) is 1. The Bertz CT molecular complexity index is 583. The molecule has 0 bridgehead atoms. The van der Waals surface area contributed by atoms with Gasteiger partial charge in [-0.25, -0.2) is 9.59 Å². The minimum atomic E-state index is -0.981. The van der Waals surface area contributed by atoms with E-state index < -0.39 is 12.0 Å². The summed E-state index contributed by atoms with van der Waals surface area (Å²) in [5.74, 6) is -0.981. The lowest BCUT2D eigenvalue weighted by Gasteiger charge is -2.30. The quantitative estimate of drug-likeness (QED) is 0.866. The standard InChI is InChI=1S/C16H20N2O3/c1-4-17(10-11(2)3)16(21)18-13-8-6-5-7-12(13)9-14(18)15(19)20/h5-8,14H,2,4,9-10H2,1,3H3,(H,19,20)/t14-/m0/s1. The van der Waals surface area contributed by atoms with Gasteiger partial charge < -0.3 is 10.0 Å². The van der Waals surface area contributed by atoms with E-state index in [1.54, 1.807) is 11.0 Å². The summed E-state index contributed by atoms with van der Waals surface area (Å²) < 4.78 is 0. The molecule has 1 aliphatic rings. The zero-order valence-corrected chi connectivity index (χ0v) is 12.4. The lowest BCUT2D eigenvalue weighted by atomic mass is 10.1. The zero-order chi connectivity index (χ0) is 15.6. The number of carboxylic acids is 1. The molecule has 1 aliphatic heterocycles. The lowest BCUT2D eigenvalue weighted by molar-refractivity contribution is -0.138. The van der Waals surface area contributed by atoms with E-state index in [4.69, 9.17) is 0 Å². The first-order valence-corrected chi connectivity index (χ1v) is 6.99. The van der Waals surface area contributed by atoms with Gasteiger partial charge in [0.2, 0.25) is 0 Å². The summed E-state index contributed by atoms with van der Waals surface area (Å²) in [6, 6.07) is 6.22. The van der Waals surface area contributed by atoms with E-state index in [9.17, 15) is 14.7 Å². The molecule has 1 heterocycles. The van der Waals surface area contributed by atoms with Crippen molar-refractivity contribution >= 4 is 17.7 Å². The monoisotopic (exact) mass is 288 g/mol. The van der Waals surface area contributed by atoms with E-state index in [1.807, 2.05) is 32.0 Å². The van der Waals surface area contributed by atoms with Crippen LogP contribution in [0, 0.1) is 0 Å². The summed E-state index contributed by atoms with van der Waals surface area (Å²) in [7, 11) is 0. The number of rotatable bonds is 4. The third-order valence-electron chi connectivity index (χ3n) is 3.58. The number of carboxylic acid groups (broad SMARTS) is 1. The molecule has 21 heavy (non-hydrogen) atoms. The summed E-state index contributed by atoms with van der Waals surface area (Å²) in [5, 5.41) is 9.41. The Morgan fingerprint density at radius 1 is 1.43 bits per heavy atom. The fourth-order valence-electron chi connectivity index (χ4n) is 2.61. The van der Waals surface area contributed by atoms with Crippen molar-refractivity contribution in [3.63, 3.8) is 0 Å². The molecule has 0 aromatic heterocycles. The average molecular weight is 288 g/mol. The van der Waals surface area contributed by atoms with E-state index in [0.717, 1.165) is 11.1 Å². The second-order valence-corrected chi connectivity index (χ2v) is 5.31.